The third-order valence-electron chi connectivity index (χ3n) is 5.99. The summed E-state index contributed by atoms with van der Waals surface area (Å²) in [5.74, 6) is -2.22. The van der Waals surface area contributed by atoms with Gasteiger partial charge in [-0.25, -0.2) is 23.1 Å². The number of aromatic amines is 1. The number of carbonyl (C=O) groups excluding carboxylic acids is 1. The summed E-state index contributed by atoms with van der Waals surface area (Å²) in [5.41, 5.74) is 0.451. The number of aryl methyl sites for hydroxylation is 1. The molecule has 9 heteroatoms. The van der Waals surface area contributed by atoms with Crippen molar-refractivity contribution in [1.29, 1.82) is 0 Å². The fourth-order valence-electron chi connectivity index (χ4n) is 4.30. The molecule has 3 heterocycles. The molecule has 0 saturated carbocycles. The lowest BCUT2D eigenvalue weighted by molar-refractivity contribution is 0.0601. The summed E-state index contributed by atoms with van der Waals surface area (Å²) in [4.78, 5) is 27.9. The van der Waals surface area contributed by atoms with E-state index in [9.17, 15) is 18.0 Å². The zero-order valence-corrected chi connectivity index (χ0v) is 18.2. The smallest absolute Gasteiger partial charge is 0.274 e. The van der Waals surface area contributed by atoms with Crippen molar-refractivity contribution in [3.8, 4) is 10.4 Å². The van der Waals surface area contributed by atoms with Gasteiger partial charge in [0.05, 0.1) is 20.9 Å². The summed E-state index contributed by atoms with van der Waals surface area (Å²) < 4.78 is 41.3. The molecule has 1 aliphatic rings. The second-order valence-corrected chi connectivity index (χ2v) is 9.30. The van der Waals surface area contributed by atoms with Crippen molar-refractivity contribution in [3.63, 3.8) is 0 Å². The van der Waals surface area contributed by atoms with E-state index in [1.165, 1.54) is 29.5 Å². The predicted octanol–water partition coefficient (Wildman–Crippen LogP) is 5.56. The highest BCUT2D eigenvalue weighted by Gasteiger charge is 2.45. The maximum absolute atomic E-state index is 14.2. The average Bonchev–Trinajstić information content (AvgIpc) is 3.48. The van der Waals surface area contributed by atoms with Crippen LogP contribution in [0.5, 0.6) is 0 Å². The van der Waals surface area contributed by atoms with Gasteiger partial charge in [-0.05, 0) is 56.5 Å². The number of imidazole rings is 1. The standard InChI is InChI=1S/C23H19F3N4OS/c1-12-27-19(20(32-12)13-4-6-14(24)7-5-13)21(31)30-11-3-10-23(30,2)22-28-16-9-8-15(25)17(26)18(16)29-22/h4-9H,3,10-11H2,1-2H3,(H,28,29)/t23-/m0/s1. The van der Waals surface area contributed by atoms with E-state index in [4.69, 9.17) is 0 Å². The third-order valence-corrected chi connectivity index (χ3v) is 7.01. The number of halogens is 3. The Bertz CT molecular complexity index is 1350. The molecule has 0 spiro atoms. The number of fused-ring (bicyclic) bond motifs is 1. The fraction of sp³-hybridized carbons (Fsp3) is 0.261. The molecule has 1 N–H and O–H groups in total. The number of aromatic nitrogens is 3. The van der Waals surface area contributed by atoms with Crippen LogP contribution in [0.3, 0.4) is 0 Å². The van der Waals surface area contributed by atoms with E-state index in [1.807, 2.05) is 13.8 Å². The second kappa shape index (κ2) is 7.44. The number of amides is 1. The molecule has 164 valence electrons. The highest BCUT2D eigenvalue weighted by molar-refractivity contribution is 7.15. The first kappa shape index (κ1) is 20.7. The molecule has 5 rings (SSSR count). The van der Waals surface area contributed by atoms with Crippen LogP contribution in [-0.2, 0) is 5.54 Å². The quantitative estimate of drug-likeness (QED) is 0.439. The van der Waals surface area contributed by atoms with E-state index in [-0.39, 0.29) is 17.2 Å². The van der Waals surface area contributed by atoms with Crippen molar-refractivity contribution < 1.29 is 18.0 Å². The van der Waals surface area contributed by atoms with Gasteiger partial charge in [-0.3, -0.25) is 4.79 Å². The van der Waals surface area contributed by atoms with Crippen LogP contribution in [-0.4, -0.2) is 32.3 Å². The van der Waals surface area contributed by atoms with E-state index in [0.29, 0.717) is 40.4 Å². The number of thiazole rings is 1. The minimum atomic E-state index is -1.02. The van der Waals surface area contributed by atoms with Crippen LogP contribution in [0.2, 0.25) is 0 Å². The molecule has 0 bridgehead atoms. The number of likely N-dealkylation sites (tertiary alicyclic amines) is 1. The minimum Gasteiger partial charge on any atom is -0.340 e. The van der Waals surface area contributed by atoms with Gasteiger partial charge in [0, 0.05) is 6.54 Å². The first-order valence-electron chi connectivity index (χ1n) is 10.2. The van der Waals surface area contributed by atoms with Gasteiger partial charge < -0.3 is 9.88 Å². The fourth-order valence-corrected chi connectivity index (χ4v) is 5.22. The molecule has 1 atom stereocenters. The van der Waals surface area contributed by atoms with E-state index in [2.05, 4.69) is 15.0 Å². The Balaban J connectivity index is 1.56. The maximum atomic E-state index is 14.2. The zero-order chi connectivity index (χ0) is 22.6. The monoisotopic (exact) mass is 456 g/mol. The number of nitrogens with one attached hydrogen (secondary N) is 1. The zero-order valence-electron chi connectivity index (χ0n) is 17.4. The average molecular weight is 456 g/mol. The van der Waals surface area contributed by atoms with Crippen LogP contribution in [0.4, 0.5) is 13.2 Å². The van der Waals surface area contributed by atoms with E-state index >= 15 is 0 Å². The molecule has 2 aromatic carbocycles. The van der Waals surface area contributed by atoms with Gasteiger partial charge in [-0.15, -0.1) is 11.3 Å². The first-order chi connectivity index (χ1) is 15.3. The lowest BCUT2D eigenvalue weighted by Crippen LogP contribution is -2.44. The topological polar surface area (TPSA) is 61.9 Å². The first-order valence-corrected chi connectivity index (χ1v) is 11.0. The highest BCUT2D eigenvalue weighted by atomic mass is 32.1. The summed E-state index contributed by atoms with van der Waals surface area (Å²) in [5, 5.41) is 0.717. The summed E-state index contributed by atoms with van der Waals surface area (Å²) in [7, 11) is 0. The van der Waals surface area contributed by atoms with E-state index in [0.717, 1.165) is 17.5 Å². The normalized spacial score (nSPS) is 18.6. The van der Waals surface area contributed by atoms with Gasteiger partial charge in [0.15, 0.2) is 11.6 Å². The maximum Gasteiger partial charge on any atom is 0.274 e. The lowest BCUT2D eigenvalue weighted by Gasteiger charge is -2.33. The number of benzene rings is 2. The molecular weight excluding hydrogens is 437 g/mol. The lowest BCUT2D eigenvalue weighted by atomic mass is 9.97. The molecule has 5 nitrogen and oxygen atoms in total. The summed E-state index contributed by atoms with van der Waals surface area (Å²) in [6.07, 6.45) is 1.34. The van der Waals surface area contributed by atoms with Gasteiger partial charge >= 0.3 is 0 Å². The highest BCUT2D eigenvalue weighted by Crippen LogP contribution is 2.41. The minimum absolute atomic E-state index is 0.0861. The molecule has 1 aliphatic heterocycles. The Hall–Kier alpha value is -3.20. The Labute approximate surface area is 185 Å². The molecule has 1 saturated heterocycles. The largest absolute Gasteiger partial charge is 0.340 e. The molecule has 4 aromatic rings. The number of rotatable bonds is 3. The third kappa shape index (κ3) is 3.19. The Morgan fingerprint density at radius 3 is 2.62 bits per heavy atom. The Morgan fingerprint density at radius 2 is 1.88 bits per heavy atom. The molecule has 1 amide bonds. The van der Waals surface area contributed by atoms with Crippen molar-refractivity contribution in [1.82, 2.24) is 19.9 Å². The van der Waals surface area contributed by atoms with Crippen LogP contribution in [0.1, 0.15) is 41.1 Å². The van der Waals surface area contributed by atoms with Crippen LogP contribution in [0, 0.1) is 24.4 Å². The molecule has 2 aromatic heterocycles. The van der Waals surface area contributed by atoms with Crippen molar-refractivity contribution >= 4 is 28.3 Å². The van der Waals surface area contributed by atoms with Gasteiger partial charge in [0.25, 0.3) is 5.91 Å². The van der Waals surface area contributed by atoms with Crippen LogP contribution in [0.15, 0.2) is 36.4 Å². The molecule has 0 aliphatic carbocycles. The van der Waals surface area contributed by atoms with Crippen LogP contribution in [0.25, 0.3) is 21.5 Å². The number of hydrogen-bond donors (Lipinski definition) is 1. The summed E-state index contributed by atoms with van der Waals surface area (Å²) >= 11 is 1.37. The van der Waals surface area contributed by atoms with Crippen molar-refractivity contribution in [2.75, 3.05) is 6.54 Å². The molecule has 0 unspecified atom stereocenters. The SMILES string of the molecule is Cc1nc(C(=O)N2CCC[C@@]2(C)c2nc3c(F)c(F)ccc3[nH]2)c(-c2ccc(F)cc2)s1. The number of hydrogen-bond acceptors (Lipinski definition) is 4. The molecule has 1 fully saturated rings. The van der Waals surface area contributed by atoms with Crippen molar-refractivity contribution in [3.05, 3.63) is 70.4 Å². The van der Waals surface area contributed by atoms with E-state index in [1.54, 1.807) is 17.0 Å². The Morgan fingerprint density at radius 1 is 1.12 bits per heavy atom. The van der Waals surface area contributed by atoms with Gasteiger partial charge in [-0.2, -0.15) is 0 Å². The number of H-pyrrole nitrogens is 1. The van der Waals surface area contributed by atoms with Gasteiger partial charge in [0.2, 0.25) is 0 Å². The summed E-state index contributed by atoms with van der Waals surface area (Å²) in [6.45, 7) is 4.15. The predicted molar refractivity (Wildman–Crippen MR) is 116 cm³/mol. The van der Waals surface area contributed by atoms with Gasteiger partial charge in [0.1, 0.15) is 22.9 Å². The van der Waals surface area contributed by atoms with Crippen LogP contribution < -0.4 is 0 Å². The molecular formula is C23H19F3N4OS. The van der Waals surface area contributed by atoms with Crippen molar-refractivity contribution in [2.45, 2.75) is 32.2 Å². The second-order valence-electron chi connectivity index (χ2n) is 8.09. The van der Waals surface area contributed by atoms with Crippen LogP contribution >= 0.6 is 11.3 Å². The molecule has 0 radical (unpaired) electrons. The summed E-state index contributed by atoms with van der Waals surface area (Å²) in [6, 6.07) is 8.43. The van der Waals surface area contributed by atoms with Crippen molar-refractivity contribution in [2.24, 2.45) is 0 Å². The molecule has 32 heavy (non-hydrogen) atoms. The Kier molecular flexibility index (Phi) is 4.81. The number of nitrogens with zero attached hydrogens (tertiary/aromatic N) is 3. The van der Waals surface area contributed by atoms with Gasteiger partial charge in [-0.1, -0.05) is 12.1 Å². The van der Waals surface area contributed by atoms with E-state index < -0.39 is 17.2 Å². The number of carbonyl (C=O) groups is 1.